The van der Waals surface area contributed by atoms with Crippen molar-refractivity contribution in [2.45, 2.75) is 0 Å². The third-order valence-electron chi connectivity index (χ3n) is 12.6. The fraction of sp³-hybridized carbons (Fsp3) is 0. The van der Waals surface area contributed by atoms with Gasteiger partial charge in [0.05, 0.1) is 16.7 Å². The Balaban J connectivity index is 0.00000456. The largest absolute Gasteiger partial charge is 0.510 e. The van der Waals surface area contributed by atoms with E-state index < -0.39 is 0 Å². The predicted octanol–water partition coefficient (Wildman–Crippen LogP) is 14.4. The summed E-state index contributed by atoms with van der Waals surface area (Å²) in [4.78, 5) is 5.11. The van der Waals surface area contributed by atoms with Crippen molar-refractivity contribution in [1.82, 2.24) is 14.0 Å². The summed E-state index contributed by atoms with van der Waals surface area (Å²) >= 11 is 0. The molecule has 314 valence electrons. The first-order valence-electron chi connectivity index (χ1n) is 21.8. The van der Waals surface area contributed by atoms with Crippen molar-refractivity contribution in [3.05, 3.63) is 237 Å². The normalized spacial score (nSPS) is 11.5. The maximum absolute atomic E-state index is 6.75. The molecule has 0 N–H and O–H groups in total. The molecule has 0 amide bonds. The van der Waals surface area contributed by atoms with Crippen molar-refractivity contribution in [2.75, 3.05) is 0 Å². The van der Waals surface area contributed by atoms with E-state index in [-0.39, 0.29) is 21.1 Å². The third kappa shape index (κ3) is 6.35. The molecule has 0 unspecified atom stereocenters. The second-order valence-corrected chi connectivity index (χ2v) is 16.3. The van der Waals surface area contributed by atoms with Gasteiger partial charge in [-0.25, -0.2) is 4.98 Å². The molecule has 5 nitrogen and oxygen atoms in total. The van der Waals surface area contributed by atoms with Gasteiger partial charge in [-0.1, -0.05) is 175 Å². The van der Waals surface area contributed by atoms with Crippen LogP contribution in [0.4, 0.5) is 0 Å². The number of fused-ring (bicyclic) bond motifs is 11. The Labute approximate surface area is 395 Å². The van der Waals surface area contributed by atoms with Gasteiger partial charge in [-0.3, -0.25) is 4.57 Å². The molecule has 0 aliphatic rings. The summed E-state index contributed by atoms with van der Waals surface area (Å²) in [6.45, 7) is 0. The first-order valence-corrected chi connectivity index (χ1v) is 21.8. The number of hydrogen-bond donors (Lipinski definition) is 0. The summed E-state index contributed by atoms with van der Waals surface area (Å²) in [5.41, 5.74) is 11.1. The summed E-state index contributed by atoms with van der Waals surface area (Å²) in [7, 11) is 0. The second-order valence-electron chi connectivity index (χ2n) is 16.3. The Morgan fingerprint density at radius 1 is 0.439 bits per heavy atom. The second kappa shape index (κ2) is 16.2. The quantitative estimate of drug-likeness (QED) is 0.123. The van der Waals surface area contributed by atoms with Crippen molar-refractivity contribution < 1.29 is 30.4 Å². The number of benzene rings is 9. The fourth-order valence-corrected chi connectivity index (χ4v) is 9.79. The van der Waals surface area contributed by atoms with Gasteiger partial charge in [0.25, 0.3) is 6.33 Å². The molecular formula is C60H36N4OPt-2. The molecule has 0 aliphatic heterocycles. The van der Waals surface area contributed by atoms with Gasteiger partial charge in [0.1, 0.15) is 5.65 Å². The van der Waals surface area contributed by atoms with Gasteiger partial charge in [0, 0.05) is 55.1 Å². The minimum absolute atomic E-state index is 0. The Kier molecular flexibility index (Phi) is 9.66. The van der Waals surface area contributed by atoms with Crippen LogP contribution in [-0.2, 0) is 21.1 Å². The van der Waals surface area contributed by atoms with Gasteiger partial charge >= 0.3 is 0 Å². The standard InChI is InChI=1S/C60H36N4O.Pt/c1-3-17-40(18-4-1)45-27-14-28-46(41-19-5-2-6-20-41)58(45)63-39-62(55-32-11-12-33-56(55)63)42-21-13-22-43(37-42)65-44-34-35-51-53-30-15-29-52-49-25-9-7-23-47(49)48-24-8-10-26-50(48)54-31-16-36-61-60(54)64(59(52)53)57(51)38-44;/h1-36H;/q-2;. The number of aromatic nitrogens is 4. The molecule has 0 aliphatic carbocycles. The summed E-state index contributed by atoms with van der Waals surface area (Å²) in [6, 6.07) is 81.7. The minimum Gasteiger partial charge on any atom is -0.510 e. The van der Waals surface area contributed by atoms with E-state index >= 15 is 0 Å². The van der Waals surface area contributed by atoms with Gasteiger partial charge in [-0.2, -0.15) is 18.2 Å². The molecule has 0 radical (unpaired) electrons. The van der Waals surface area contributed by atoms with E-state index in [9.17, 15) is 0 Å². The van der Waals surface area contributed by atoms with Crippen LogP contribution in [0.5, 0.6) is 11.5 Å². The Hall–Kier alpha value is -8.11. The van der Waals surface area contributed by atoms with E-state index in [2.05, 4.69) is 214 Å². The van der Waals surface area contributed by atoms with Crippen LogP contribution in [0.3, 0.4) is 0 Å². The van der Waals surface area contributed by atoms with E-state index in [1.165, 1.54) is 16.2 Å². The summed E-state index contributed by atoms with van der Waals surface area (Å²) in [6.07, 6.45) is 5.64. The fourth-order valence-electron chi connectivity index (χ4n) is 9.79. The van der Waals surface area contributed by atoms with Gasteiger partial charge in [0.2, 0.25) is 0 Å². The van der Waals surface area contributed by atoms with Crippen molar-refractivity contribution in [3.63, 3.8) is 0 Å². The number of rotatable bonds is 6. The summed E-state index contributed by atoms with van der Waals surface area (Å²) in [5.74, 6) is 1.14. The molecular weight excluding hydrogens is 988 g/mol. The average molecular weight is 1020 g/mol. The minimum atomic E-state index is 0. The molecule has 0 saturated carbocycles. The van der Waals surface area contributed by atoms with Crippen LogP contribution < -0.4 is 9.30 Å². The topological polar surface area (TPSA) is 35.3 Å². The number of hydrogen-bond acceptors (Lipinski definition) is 2. The molecule has 13 rings (SSSR count). The number of para-hydroxylation sites is 4. The molecule has 0 saturated heterocycles. The molecule has 4 aromatic heterocycles. The van der Waals surface area contributed by atoms with Gasteiger partial charge in [0.15, 0.2) is 0 Å². The van der Waals surface area contributed by atoms with Crippen LogP contribution in [0, 0.1) is 18.5 Å². The monoisotopic (exact) mass is 1020 g/mol. The molecule has 0 spiro atoms. The molecule has 4 heterocycles. The van der Waals surface area contributed by atoms with Crippen LogP contribution in [0.15, 0.2) is 219 Å². The summed E-state index contributed by atoms with van der Waals surface area (Å²) < 4.78 is 13.3. The maximum atomic E-state index is 6.75. The van der Waals surface area contributed by atoms with E-state index in [1.54, 1.807) is 0 Å². The van der Waals surface area contributed by atoms with Crippen molar-refractivity contribution in [1.29, 1.82) is 0 Å². The summed E-state index contributed by atoms with van der Waals surface area (Å²) in [5, 5.41) is 9.02. The zero-order valence-corrected chi connectivity index (χ0v) is 37.6. The average Bonchev–Trinajstić information content (AvgIpc) is 3.93. The van der Waals surface area contributed by atoms with Gasteiger partial charge in [-0.15, -0.1) is 29.7 Å². The molecule has 66 heavy (non-hydrogen) atoms. The van der Waals surface area contributed by atoms with Crippen molar-refractivity contribution in [2.24, 2.45) is 0 Å². The van der Waals surface area contributed by atoms with Crippen LogP contribution in [0.1, 0.15) is 0 Å². The smallest absolute Gasteiger partial charge is 0.268 e. The number of imidazole rings is 1. The molecule has 13 aromatic rings. The zero-order chi connectivity index (χ0) is 42.8. The molecule has 0 atom stereocenters. The number of nitrogens with zero attached hydrogens (tertiary/aromatic N) is 4. The Morgan fingerprint density at radius 3 is 1.70 bits per heavy atom. The van der Waals surface area contributed by atoms with E-state index in [0.717, 1.165) is 88.3 Å². The van der Waals surface area contributed by atoms with Crippen molar-refractivity contribution >= 4 is 70.8 Å². The Morgan fingerprint density at radius 2 is 0.985 bits per heavy atom. The molecule has 9 aromatic carbocycles. The third-order valence-corrected chi connectivity index (χ3v) is 12.6. The molecule has 6 heteroatoms. The van der Waals surface area contributed by atoms with Crippen molar-refractivity contribution in [3.8, 4) is 45.1 Å². The molecule has 0 bridgehead atoms. The molecule has 0 fully saturated rings. The SMILES string of the molecule is [Pt].[c-]1c(Oc2[c-]c3c(cc2)c2cccc4c5ccccc5c5ccccc5c5cccnc5n3c42)cccc1-n1[c-][n+](-c2c(-c3ccccc3)cccc2-c2ccccc2)c2ccccc21. The van der Waals surface area contributed by atoms with Crippen LogP contribution in [0.2, 0.25) is 0 Å². The zero-order valence-electron chi connectivity index (χ0n) is 35.3. The van der Waals surface area contributed by atoms with Crippen LogP contribution >= 0.6 is 0 Å². The number of ether oxygens (including phenoxy) is 1. The maximum Gasteiger partial charge on any atom is 0.268 e. The van der Waals surface area contributed by atoms with E-state index in [0.29, 0.717) is 11.5 Å². The first-order chi connectivity index (χ1) is 32.3. The first kappa shape index (κ1) is 39.5. The van der Waals surface area contributed by atoms with Gasteiger partial charge in [-0.05, 0) is 67.0 Å². The van der Waals surface area contributed by atoms with E-state index in [4.69, 9.17) is 9.72 Å². The number of pyridine rings is 1. The predicted molar refractivity (Wildman–Crippen MR) is 264 cm³/mol. The Bertz CT molecular complexity index is 3990. The van der Waals surface area contributed by atoms with Crippen LogP contribution in [0.25, 0.3) is 104 Å². The van der Waals surface area contributed by atoms with E-state index in [1.807, 2.05) is 36.5 Å². The van der Waals surface area contributed by atoms with Gasteiger partial charge < -0.3 is 13.7 Å². The van der Waals surface area contributed by atoms with Crippen LogP contribution in [-0.4, -0.2) is 14.0 Å².